The van der Waals surface area contributed by atoms with Crippen molar-refractivity contribution < 1.29 is 17.5 Å². The largest absolute Gasteiger partial charge is 0.373 e. The quantitative estimate of drug-likeness (QED) is 0.839. The van der Waals surface area contributed by atoms with E-state index in [1.165, 1.54) is 28.6 Å². The monoisotopic (exact) mass is 342 g/mol. The Bertz CT molecular complexity index is 652. The van der Waals surface area contributed by atoms with Crippen molar-refractivity contribution in [3.63, 3.8) is 0 Å². The van der Waals surface area contributed by atoms with Gasteiger partial charge in [0, 0.05) is 19.1 Å². The fraction of sp³-hybridized carbons (Fsp3) is 0.625. The lowest BCUT2D eigenvalue weighted by atomic mass is 9.88. The molecule has 0 saturated carbocycles. The van der Waals surface area contributed by atoms with E-state index in [1.54, 1.807) is 0 Å². The van der Waals surface area contributed by atoms with Crippen LogP contribution in [0.15, 0.2) is 29.2 Å². The maximum absolute atomic E-state index is 13.0. The highest BCUT2D eigenvalue weighted by Gasteiger charge is 2.45. The second-order valence-electron chi connectivity index (χ2n) is 6.67. The van der Waals surface area contributed by atoms with E-state index in [0.717, 1.165) is 6.42 Å². The fourth-order valence-electron chi connectivity index (χ4n) is 3.39. The third-order valence-electron chi connectivity index (χ3n) is 5.00. The van der Waals surface area contributed by atoms with Crippen LogP contribution in [-0.4, -0.2) is 63.1 Å². The number of sulfonamides is 1. The van der Waals surface area contributed by atoms with Gasteiger partial charge in [0.1, 0.15) is 5.82 Å². The molecule has 3 rings (SSSR count). The summed E-state index contributed by atoms with van der Waals surface area (Å²) in [5.74, 6) is -0.435. The molecule has 1 spiro atoms. The number of benzene rings is 1. The SMILES string of the molecule is CN(C)C1COC2(CCN(S(=O)(=O)c3ccc(F)cc3)CC2)C1. The van der Waals surface area contributed by atoms with Gasteiger partial charge in [-0.1, -0.05) is 0 Å². The van der Waals surface area contributed by atoms with Crippen LogP contribution < -0.4 is 0 Å². The first kappa shape index (κ1) is 16.8. The molecule has 0 aliphatic carbocycles. The minimum atomic E-state index is -3.55. The van der Waals surface area contributed by atoms with Crippen LogP contribution in [0.25, 0.3) is 0 Å². The molecule has 2 aliphatic heterocycles. The van der Waals surface area contributed by atoms with Crippen molar-refractivity contribution in [1.29, 1.82) is 0 Å². The predicted octanol–water partition coefficient (Wildman–Crippen LogP) is 1.70. The molecule has 0 bridgehead atoms. The van der Waals surface area contributed by atoms with E-state index in [-0.39, 0.29) is 10.5 Å². The van der Waals surface area contributed by atoms with Crippen molar-refractivity contribution in [2.24, 2.45) is 0 Å². The van der Waals surface area contributed by atoms with E-state index >= 15 is 0 Å². The molecule has 0 aromatic heterocycles. The van der Waals surface area contributed by atoms with Gasteiger partial charge in [0.2, 0.25) is 10.0 Å². The highest BCUT2D eigenvalue weighted by Crippen LogP contribution is 2.38. The number of hydrogen-bond donors (Lipinski definition) is 0. The molecule has 2 saturated heterocycles. The van der Waals surface area contributed by atoms with Crippen LogP contribution >= 0.6 is 0 Å². The van der Waals surface area contributed by atoms with E-state index < -0.39 is 15.8 Å². The Labute approximate surface area is 137 Å². The number of piperidine rings is 1. The normalized spacial score (nSPS) is 25.3. The Hall–Kier alpha value is -1.02. The summed E-state index contributed by atoms with van der Waals surface area (Å²) in [7, 11) is 0.531. The minimum Gasteiger partial charge on any atom is -0.373 e. The number of rotatable bonds is 3. The maximum Gasteiger partial charge on any atom is 0.243 e. The highest BCUT2D eigenvalue weighted by molar-refractivity contribution is 7.89. The molecule has 128 valence electrons. The van der Waals surface area contributed by atoms with Gasteiger partial charge < -0.3 is 9.64 Å². The lowest BCUT2D eigenvalue weighted by molar-refractivity contribution is -0.0315. The third kappa shape index (κ3) is 3.28. The topological polar surface area (TPSA) is 49.9 Å². The zero-order valence-electron chi connectivity index (χ0n) is 13.5. The summed E-state index contributed by atoms with van der Waals surface area (Å²) in [4.78, 5) is 2.31. The molecule has 1 unspecified atom stereocenters. The van der Waals surface area contributed by atoms with Gasteiger partial charge in [-0.25, -0.2) is 12.8 Å². The molecular weight excluding hydrogens is 319 g/mol. The molecule has 2 heterocycles. The Morgan fingerprint density at radius 3 is 2.35 bits per heavy atom. The molecule has 0 radical (unpaired) electrons. The Kier molecular flexibility index (Phi) is 4.48. The average Bonchev–Trinajstić information content (AvgIpc) is 2.92. The summed E-state index contributed by atoms with van der Waals surface area (Å²) in [5.41, 5.74) is -0.191. The van der Waals surface area contributed by atoms with Gasteiger partial charge in [0.05, 0.1) is 17.1 Å². The molecule has 2 aliphatic rings. The van der Waals surface area contributed by atoms with Gasteiger partial charge in [-0.2, -0.15) is 4.31 Å². The first-order valence-electron chi connectivity index (χ1n) is 7.89. The summed E-state index contributed by atoms with van der Waals surface area (Å²) in [6, 6.07) is 5.40. The molecule has 2 fully saturated rings. The molecule has 0 N–H and O–H groups in total. The zero-order valence-corrected chi connectivity index (χ0v) is 14.4. The van der Waals surface area contributed by atoms with E-state index in [0.29, 0.717) is 38.6 Å². The van der Waals surface area contributed by atoms with Crippen LogP contribution in [0.2, 0.25) is 0 Å². The Morgan fingerprint density at radius 2 is 1.83 bits per heavy atom. The van der Waals surface area contributed by atoms with Gasteiger partial charge >= 0.3 is 0 Å². The van der Waals surface area contributed by atoms with Crippen molar-refractivity contribution in [1.82, 2.24) is 9.21 Å². The fourth-order valence-corrected chi connectivity index (χ4v) is 4.83. The van der Waals surface area contributed by atoms with Gasteiger partial charge in [0.25, 0.3) is 0 Å². The summed E-state index contributed by atoms with van der Waals surface area (Å²) in [6.07, 6.45) is 2.36. The predicted molar refractivity (Wildman–Crippen MR) is 85.2 cm³/mol. The second kappa shape index (κ2) is 6.12. The van der Waals surface area contributed by atoms with Crippen molar-refractivity contribution in [2.75, 3.05) is 33.8 Å². The summed E-state index contributed by atoms with van der Waals surface area (Å²) in [5, 5.41) is 0. The van der Waals surface area contributed by atoms with Crippen molar-refractivity contribution in [3.05, 3.63) is 30.1 Å². The number of ether oxygens (including phenoxy) is 1. The standard InChI is InChI=1S/C16H23FN2O3S/c1-18(2)14-11-16(22-12-14)7-9-19(10-8-16)23(20,21)15-5-3-13(17)4-6-15/h3-6,14H,7-12H2,1-2H3. The Morgan fingerprint density at radius 1 is 1.22 bits per heavy atom. The van der Waals surface area contributed by atoms with Crippen molar-refractivity contribution in [2.45, 2.75) is 35.8 Å². The second-order valence-corrected chi connectivity index (χ2v) is 8.61. The van der Waals surface area contributed by atoms with E-state index in [1.807, 2.05) is 14.1 Å². The van der Waals surface area contributed by atoms with Gasteiger partial charge in [-0.15, -0.1) is 0 Å². The van der Waals surface area contributed by atoms with Gasteiger partial charge in [-0.3, -0.25) is 0 Å². The number of likely N-dealkylation sites (N-methyl/N-ethyl adjacent to an activating group) is 1. The third-order valence-corrected chi connectivity index (χ3v) is 6.92. The number of nitrogens with zero attached hydrogens (tertiary/aromatic N) is 2. The van der Waals surface area contributed by atoms with Crippen molar-refractivity contribution >= 4 is 10.0 Å². The maximum atomic E-state index is 13.0. The van der Waals surface area contributed by atoms with Crippen LogP contribution in [-0.2, 0) is 14.8 Å². The smallest absolute Gasteiger partial charge is 0.243 e. The first-order chi connectivity index (χ1) is 10.8. The highest BCUT2D eigenvalue weighted by atomic mass is 32.2. The van der Waals surface area contributed by atoms with E-state index in [4.69, 9.17) is 4.74 Å². The number of hydrogen-bond acceptors (Lipinski definition) is 4. The molecule has 1 atom stereocenters. The van der Waals surface area contributed by atoms with Crippen LogP contribution in [0.1, 0.15) is 19.3 Å². The molecule has 1 aromatic rings. The van der Waals surface area contributed by atoms with E-state index in [9.17, 15) is 12.8 Å². The van der Waals surface area contributed by atoms with Crippen LogP contribution in [0.3, 0.4) is 0 Å². The first-order valence-corrected chi connectivity index (χ1v) is 9.33. The lowest BCUT2D eigenvalue weighted by Gasteiger charge is -2.38. The van der Waals surface area contributed by atoms with E-state index in [2.05, 4.69) is 4.90 Å². The van der Waals surface area contributed by atoms with Gasteiger partial charge in [0.15, 0.2) is 0 Å². The molecule has 7 heteroatoms. The number of halogens is 1. The average molecular weight is 342 g/mol. The summed E-state index contributed by atoms with van der Waals surface area (Å²) >= 11 is 0. The molecule has 0 amide bonds. The minimum absolute atomic E-state index is 0.147. The molecule has 1 aromatic carbocycles. The Balaban J connectivity index is 1.68. The lowest BCUT2D eigenvalue weighted by Crippen LogP contribution is -2.46. The van der Waals surface area contributed by atoms with Gasteiger partial charge in [-0.05, 0) is 57.6 Å². The zero-order chi connectivity index (χ0) is 16.7. The summed E-state index contributed by atoms with van der Waals surface area (Å²) < 4.78 is 45.8. The molecule has 5 nitrogen and oxygen atoms in total. The van der Waals surface area contributed by atoms with Crippen molar-refractivity contribution in [3.8, 4) is 0 Å². The van der Waals surface area contributed by atoms with Crippen LogP contribution in [0.4, 0.5) is 4.39 Å². The summed E-state index contributed by atoms with van der Waals surface area (Å²) in [6.45, 7) is 1.59. The molecular formula is C16H23FN2O3S. The molecule has 23 heavy (non-hydrogen) atoms. The van der Waals surface area contributed by atoms with Crippen LogP contribution in [0.5, 0.6) is 0 Å². The van der Waals surface area contributed by atoms with Crippen LogP contribution in [0, 0.1) is 5.82 Å².